The molecule has 0 N–H and O–H groups in total. The molecule has 2 rings (SSSR count). The van der Waals surface area contributed by atoms with Crippen LogP contribution in [0.1, 0.15) is 6.92 Å². The third-order valence-corrected chi connectivity index (χ3v) is 15.7. The summed E-state index contributed by atoms with van der Waals surface area (Å²) in [6.45, 7) is 1.43. The van der Waals surface area contributed by atoms with Gasteiger partial charge >= 0.3 is 104 Å². The molecule has 16 heavy (non-hydrogen) atoms. The zero-order valence-corrected chi connectivity index (χ0v) is 12.6. The van der Waals surface area contributed by atoms with E-state index in [9.17, 15) is 4.79 Å². The average molecular weight is 343 g/mol. The van der Waals surface area contributed by atoms with E-state index in [4.69, 9.17) is 12.0 Å². The Hall–Kier alpha value is -0.481. The molecule has 0 heterocycles. The molecule has 0 aliphatic heterocycles. The van der Waals surface area contributed by atoms with Crippen LogP contribution in [-0.2, 0) is 7.87 Å². The number of halogens is 1. The van der Waals surface area contributed by atoms with Gasteiger partial charge in [-0.15, -0.1) is 0 Å². The summed E-state index contributed by atoms with van der Waals surface area (Å²) < 4.78 is 5.78. The monoisotopic (exact) mass is 344 g/mol. The summed E-state index contributed by atoms with van der Waals surface area (Å²) >= 11 is -3.50. The maximum atomic E-state index is 11.2. The van der Waals surface area contributed by atoms with Gasteiger partial charge in [-0.25, -0.2) is 0 Å². The molecule has 0 saturated carbocycles. The summed E-state index contributed by atoms with van der Waals surface area (Å²) in [6.07, 6.45) is 16.0. The van der Waals surface area contributed by atoms with Crippen LogP contribution in [-0.4, -0.2) is 23.6 Å². The number of hydrogen-bond acceptors (Lipinski definition) is 2. The van der Waals surface area contributed by atoms with Crippen LogP contribution in [0.4, 0.5) is 0 Å². The van der Waals surface area contributed by atoms with Crippen molar-refractivity contribution >= 4 is 32.6 Å². The summed E-state index contributed by atoms with van der Waals surface area (Å²) in [5.41, 5.74) is 0. The number of hydrogen-bond donors (Lipinski definition) is 0. The Morgan fingerprint density at radius 3 is 1.75 bits per heavy atom. The van der Waals surface area contributed by atoms with Gasteiger partial charge in [0.1, 0.15) is 0 Å². The molecular formula is C12H13ClO2Sn. The number of allylic oxidation sites excluding steroid dienone is 8. The fourth-order valence-electron chi connectivity index (χ4n) is 1.97. The van der Waals surface area contributed by atoms with Crippen molar-refractivity contribution in [1.82, 2.24) is 0 Å². The van der Waals surface area contributed by atoms with E-state index in [1.54, 1.807) is 0 Å². The predicted molar refractivity (Wildman–Crippen MR) is 67.4 cm³/mol. The minimum atomic E-state index is -3.50. The van der Waals surface area contributed by atoms with Crippen LogP contribution in [0.2, 0.25) is 7.87 Å². The van der Waals surface area contributed by atoms with Gasteiger partial charge in [-0.05, 0) is 0 Å². The summed E-state index contributed by atoms with van der Waals surface area (Å²) in [5.74, 6) is -0.270. The Bertz CT molecular complexity index is 357. The van der Waals surface area contributed by atoms with Crippen molar-refractivity contribution in [1.29, 1.82) is 0 Å². The first-order valence-electron chi connectivity index (χ1n) is 5.21. The van der Waals surface area contributed by atoms with E-state index in [0.29, 0.717) is 0 Å². The second-order valence-corrected chi connectivity index (χ2v) is 16.2. The van der Waals surface area contributed by atoms with Gasteiger partial charge in [0.05, 0.1) is 0 Å². The molecule has 0 aromatic rings. The van der Waals surface area contributed by atoms with Gasteiger partial charge in [0.15, 0.2) is 0 Å². The first-order chi connectivity index (χ1) is 7.63. The van der Waals surface area contributed by atoms with Gasteiger partial charge in [-0.2, -0.15) is 0 Å². The first-order valence-corrected chi connectivity index (χ1v) is 13.3. The van der Waals surface area contributed by atoms with Crippen LogP contribution >= 0.6 is 8.92 Å². The van der Waals surface area contributed by atoms with Crippen LogP contribution in [0.3, 0.4) is 0 Å². The molecule has 0 amide bonds. The van der Waals surface area contributed by atoms with E-state index in [-0.39, 0.29) is 13.8 Å². The molecule has 0 aromatic carbocycles. The molecule has 0 atom stereocenters. The third kappa shape index (κ3) is 2.27. The molecule has 0 bridgehead atoms. The number of carbonyl (C=O) groups excluding carboxylic acids is 1. The van der Waals surface area contributed by atoms with E-state index >= 15 is 0 Å². The van der Waals surface area contributed by atoms with Gasteiger partial charge in [0.2, 0.25) is 0 Å². The molecule has 0 saturated heterocycles. The fourth-order valence-corrected chi connectivity index (χ4v) is 12.2. The summed E-state index contributed by atoms with van der Waals surface area (Å²) in [4.78, 5) is 11.2. The van der Waals surface area contributed by atoms with Crippen molar-refractivity contribution < 1.29 is 7.87 Å². The minimum absolute atomic E-state index is 0.122. The number of carbonyl (C=O) groups is 1. The Kier molecular flexibility index (Phi) is 3.59. The molecule has 0 radical (unpaired) electrons. The van der Waals surface area contributed by atoms with Crippen molar-refractivity contribution in [2.24, 2.45) is 0 Å². The molecule has 84 valence electrons. The van der Waals surface area contributed by atoms with Gasteiger partial charge in [0.25, 0.3) is 0 Å². The van der Waals surface area contributed by atoms with Crippen molar-refractivity contribution in [2.45, 2.75) is 14.8 Å². The van der Waals surface area contributed by atoms with Gasteiger partial charge in [-0.1, -0.05) is 0 Å². The van der Waals surface area contributed by atoms with Crippen molar-refractivity contribution in [3.8, 4) is 0 Å². The normalized spacial score (nSPS) is 19.9. The molecule has 2 aliphatic carbocycles. The molecule has 2 nitrogen and oxygen atoms in total. The SMILES string of the molecule is CC(=O)[O][Sn]([Cl])([CH]1C=CC=C1)[CH]1C=CC=C1. The third-order valence-electron chi connectivity index (χ3n) is 2.71. The number of rotatable bonds is 3. The first kappa shape index (κ1) is 12.0. The van der Waals surface area contributed by atoms with E-state index in [1.807, 2.05) is 48.6 Å². The molecule has 0 aromatic heterocycles. The van der Waals surface area contributed by atoms with E-state index < -0.39 is 17.7 Å². The van der Waals surface area contributed by atoms with Gasteiger partial charge in [0, 0.05) is 0 Å². The van der Waals surface area contributed by atoms with Crippen LogP contribution in [0, 0.1) is 0 Å². The van der Waals surface area contributed by atoms with Gasteiger partial charge < -0.3 is 0 Å². The Labute approximate surface area is 103 Å². The topological polar surface area (TPSA) is 26.3 Å². The molecule has 0 spiro atoms. The second-order valence-electron chi connectivity index (χ2n) is 3.88. The average Bonchev–Trinajstić information content (AvgIpc) is 2.91. The van der Waals surface area contributed by atoms with Crippen LogP contribution < -0.4 is 0 Å². The van der Waals surface area contributed by atoms with Crippen LogP contribution in [0.15, 0.2) is 48.6 Å². The van der Waals surface area contributed by atoms with E-state index in [2.05, 4.69) is 0 Å². The summed E-state index contributed by atoms with van der Waals surface area (Å²) in [6, 6.07) is 0. The quantitative estimate of drug-likeness (QED) is 0.736. The zero-order valence-electron chi connectivity index (χ0n) is 8.97. The van der Waals surface area contributed by atoms with Crippen molar-refractivity contribution in [2.75, 3.05) is 0 Å². The molecule has 4 heteroatoms. The maximum absolute atomic E-state index is 11.2. The van der Waals surface area contributed by atoms with Crippen molar-refractivity contribution in [3.63, 3.8) is 0 Å². The Balaban J connectivity index is 2.27. The van der Waals surface area contributed by atoms with E-state index in [0.717, 1.165) is 0 Å². The Morgan fingerprint density at radius 1 is 1.06 bits per heavy atom. The van der Waals surface area contributed by atoms with Crippen LogP contribution in [0.5, 0.6) is 0 Å². The molecule has 2 aliphatic rings. The van der Waals surface area contributed by atoms with Crippen LogP contribution in [0.25, 0.3) is 0 Å². The van der Waals surface area contributed by atoms with Crippen molar-refractivity contribution in [3.05, 3.63) is 48.6 Å². The van der Waals surface area contributed by atoms with Gasteiger partial charge in [-0.3, -0.25) is 0 Å². The fraction of sp³-hybridized carbons (Fsp3) is 0.250. The standard InChI is InChI=1S/2C5H5.C2H4O2.ClH.Sn/c2*1-2-4-5-3-1;1-2(3)4;;/h2*1-5H;1H3,(H,3,4);1H;/q;;;;+2/p-2. The summed E-state index contributed by atoms with van der Waals surface area (Å²) in [5, 5.41) is 0. The summed E-state index contributed by atoms with van der Waals surface area (Å²) in [7, 11) is 6.71. The predicted octanol–water partition coefficient (Wildman–Crippen LogP) is 3.22. The second kappa shape index (κ2) is 4.80. The molecular weight excluding hydrogens is 330 g/mol. The molecule has 0 unspecified atom stereocenters. The molecule has 0 fully saturated rings. The van der Waals surface area contributed by atoms with E-state index in [1.165, 1.54) is 6.92 Å². The zero-order chi connectivity index (χ0) is 11.6. The Morgan fingerprint density at radius 2 is 1.44 bits per heavy atom.